The van der Waals surface area contributed by atoms with E-state index >= 15 is 0 Å². The van der Waals surface area contributed by atoms with Crippen molar-refractivity contribution in [1.82, 2.24) is 14.7 Å². The van der Waals surface area contributed by atoms with Crippen LogP contribution in [0.4, 0.5) is 5.69 Å². The quantitative estimate of drug-likeness (QED) is 0.229. The number of hydrogen-bond acceptors (Lipinski definition) is 8. The van der Waals surface area contributed by atoms with Gasteiger partial charge in [-0.2, -0.15) is 0 Å². The molecule has 1 aromatic heterocycles. The molecule has 0 saturated carbocycles. The molecule has 5 aromatic rings. The van der Waals surface area contributed by atoms with Gasteiger partial charge in [0.15, 0.2) is 6.61 Å². The second kappa shape index (κ2) is 12.4. The minimum Gasteiger partial charge on any atom is -0.452 e. The van der Waals surface area contributed by atoms with E-state index in [1.807, 2.05) is 67.1 Å². The Labute approximate surface area is 254 Å². The number of nitrogens with one attached hydrogen (secondary N) is 2. The van der Waals surface area contributed by atoms with Crippen LogP contribution in [-0.4, -0.2) is 42.8 Å². The average molecular weight is 609 g/mol. The highest BCUT2D eigenvalue weighted by Crippen LogP contribution is 2.31. The topological polar surface area (TPSA) is 144 Å². The summed E-state index contributed by atoms with van der Waals surface area (Å²) in [5, 5.41) is 2.53. The van der Waals surface area contributed by atoms with Crippen LogP contribution in [0, 0.1) is 13.8 Å². The first-order chi connectivity index (χ1) is 21.0. The van der Waals surface area contributed by atoms with Gasteiger partial charge in [-0.05, 0) is 56.3 Å². The van der Waals surface area contributed by atoms with E-state index in [0.29, 0.717) is 22.4 Å². The normalized spacial score (nSPS) is 11.2. The molecule has 5 rings (SSSR count). The van der Waals surface area contributed by atoms with Crippen molar-refractivity contribution in [3.63, 3.8) is 0 Å². The molecule has 0 saturated heterocycles. The van der Waals surface area contributed by atoms with Gasteiger partial charge in [-0.25, -0.2) is 27.9 Å². The smallest absolute Gasteiger partial charge is 0.338 e. The number of carbonyl (C=O) groups is 3. The summed E-state index contributed by atoms with van der Waals surface area (Å²) in [5.74, 6) is -2.07. The third-order valence-corrected chi connectivity index (χ3v) is 8.06. The van der Waals surface area contributed by atoms with Crippen molar-refractivity contribution >= 4 is 44.5 Å². The number of aromatic nitrogens is 2. The lowest BCUT2D eigenvalue weighted by molar-refractivity contribution is -0.119. The largest absolute Gasteiger partial charge is 0.452 e. The lowest BCUT2D eigenvalue weighted by Crippen LogP contribution is -2.28. The molecule has 2 N–H and O–H groups in total. The standard InChI is InChI=1S/C33H28N4O6S/c1-20-4-8-23(9-5-20)31-32(24-10-6-21(2)7-11-24)36-29-18-25(12-17-28(29)35-31)33(40)43-19-30(39)34-26-13-15-27(16-14-26)44(41,42)37-22(3)38/h4-18H,19H2,1-3H3,(H,34,39)(H,37,38). The van der Waals surface area contributed by atoms with Gasteiger partial charge in [-0.3, -0.25) is 9.59 Å². The first-order valence-corrected chi connectivity index (χ1v) is 15.0. The first-order valence-electron chi connectivity index (χ1n) is 13.5. The summed E-state index contributed by atoms with van der Waals surface area (Å²) in [6, 6.07) is 26.0. The van der Waals surface area contributed by atoms with E-state index < -0.39 is 34.4 Å². The van der Waals surface area contributed by atoms with Gasteiger partial charge in [0.05, 0.1) is 32.9 Å². The molecule has 0 fully saturated rings. The van der Waals surface area contributed by atoms with Crippen molar-refractivity contribution in [3.05, 3.63) is 108 Å². The van der Waals surface area contributed by atoms with Gasteiger partial charge < -0.3 is 10.1 Å². The Morgan fingerprint density at radius 1 is 0.727 bits per heavy atom. The second-order valence-corrected chi connectivity index (χ2v) is 11.8. The van der Waals surface area contributed by atoms with Crippen molar-refractivity contribution in [2.75, 3.05) is 11.9 Å². The highest BCUT2D eigenvalue weighted by atomic mass is 32.2. The van der Waals surface area contributed by atoms with Crippen LogP contribution >= 0.6 is 0 Å². The van der Waals surface area contributed by atoms with Gasteiger partial charge >= 0.3 is 5.97 Å². The van der Waals surface area contributed by atoms with E-state index in [1.54, 1.807) is 18.2 Å². The monoisotopic (exact) mass is 608 g/mol. The molecular formula is C33H28N4O6S. The molecule has 11 heteroatoms. The molecule has 1 heterocycles. The number of fused-ring (bicyclic) bond motifs is 1. The fourth-order valence-corrected chi connectivity index (χ4v) is 5.37. The van der Waals surface area contributed by atoms with Gasteiger partial charge in [0.2, 0.25) is 5.91 Å². The van der Waals surface area contributed by atoms with Crippen molar-refractivity contribution in [2.45, 2.75) is 25.7 Å². The van der Waals surface area contributed by atoms with Gasteiger partial charge in [-0.1, -0.05) is 59.7 Å². The summed E-state index contributed by atoms with van der Waals surface area (Å²) in [6.45, 7) is 4.54. The average Bonchev–Trinajstić information content (AvgIpc) is 2.99. The Kier molecular flexibility index (Phi) is 8.50. The molecule has 2 amide bonds. The number of ether oxygens (including phenoxy) is 1. The molecule has 4 aromatic carbocycles. The van der Waals surface area contributed by atoms with Crippen LogP contribution in [0.5, 0.6) is 0 Å². The van der Waals surface area contributed by atoms with E-state index in [4.69, 9.17) is 14.7 Å². The summed E-state index contributed by atoms with van der Waals surface area (Å²) in [4.78, 5) is 46.0. The van der Waals surface area contributed by atoms with Crippen molar-refractivity contribution in [3.8, 4) is 22.5 Å². The zero-order chi connectivity index (χ0) is 31.4. The van der Waals surface area contributed by atoms with Crippen LogP contribution in [0.15, 0.2) is 95.9 Å². The maximum absolute atomic E-state index is 12.8. The summed E-state index contributed by atoms with van der Waals surface area (Å²) in [6.07, 6.45) is 0. The molecule has 0 aliphatic rings. The molecule has 0 atom stereocenters. The van der Waals surface area contributed by atoms with E-state index in [0.717, 1.165) is 29.2 Å². The molecule has 0 aliphatic heterocycles. The van der Waals surface area contributed by atoms with Gasteiger partial charge in [0, 0.05) is 23.7 Å². The van der Waals surface area contributed by atoms with Crippen molar-refractivity contribution in [1.29, 1.82) is 0 Å². The Hall–Kier alpha value is -5.42. The Morgan fingerprint density at radius 2 is 1.27 bits per heavy atom. The number of rotatable bonds is 8. The highest BCUT2D eigenvalue weighted by Gasteiger charge is 2.18. The van der Waals surface area contributed by atoms with Crippen LogP contribution in [0.1, 0.15) is 28.4 Å². The molecule has 222 valence electrons. The van der Waals surface area contributed by atoms with Crippen LogP contribution < -0.4 is 10.0 Å². The van der Waals surface area contributed by atoms with Gasteiger partial charge in [0.1, 0.15) is 0 Å². The van der Waals surface area contributed by atoms with Crippen molar-refractivity contribution in [2.24, 2.45) is 0 Å². The van der Waals surface area contributed by atoms with Crippen molar-refractivity contribution < 1.29 is 27.5 Å². The predicted molar refractivity (Wildman–Crippen MR) is 166 cm³/mol. The molecule has 0 aliphatic carbocycles. The zero-order valence-electron chi connectivity index (χ0n) is 24.1. The number of aryl methyl sites for hydroxylation is 2. The van der Waals surface area contributed by atoms with Crippen LogP contribution in [-0.2, 0) is 24.3 Å². The minimum atomic E-state index is -4.00. The van der Waals surface area contributed by atoms with Crippen LogP contribution in [0.3, 0.4) is 0 Å². The summed E-state index contributed by atoms with van der Waals surface area (Å²) in [5.41, 5.74) is 6.98. The number of hydrogen-bond donors (Lipinski definition) is 2. The number of amides is 2. The molecule has 10 nitrogen and oxygen atoms in total. The van der Waals surface area contributed by atoms with E-state index in [9.17, 15) is 22.8 Å². The number of benzene rings is 4. The maximum Gasteiger partial charge on any atom is 0.338 e. The fraction of sp³-hybridized carbons (Fsp3) is 0.121. The summed E-state index contributed by atoms with van der Waals surface area (Å²) in [7, 11) is -4.00. The fourth-order valence-electron chi connectivity index (χ4n) is 4.38. The lowest BCUT2D eigenvalue weighted by Gasteiger charge is -2.12. The summed E-state index contributed by atoms with van der Waals surface area (Å²) >= 11 is 0. The van der Waals surface area contributed by atoms with Crippen LogP contribution in [0.2, 0.25) is 0 Å². The molecular weight excluding hydrogens is 580 g/mol. The molecule has 0 unspecified atom stereocenters. The number of anilines is 1. The van der Waals surface area contributed by atoms with Gasteiger partial charge in [0.25, 0.3) is 15.9 Å². The zero-order valence-corrected chi connectivity index (χ0v) is 24.9. The number of sulfonamides is 1. The Balaban J connectivity index is 1.32. The SMILES string of the molecule is CC(=O)NS(=O)(=O)c1ccc(NC(=O)COC(=O)c2ccc3nc(-c4ccc(C)cc4)c(-c4ccc(C)cc4)nc3c2)cc1. The summed E-state index contributed by atoms with van der Waals surface area (Å²) < 4.78 is 31.2. The molecule has 0 radical (unpaired) electrons. The third kappa shape index (κ3) is 6.96. The lowest BCUT2D eigenvalue weighted by atomic mass is 10.0. The second-order valence-electron chi connectivity index (χ2n) is 10.2. The van der Waals surface area contributed by atoms with E-state index in [-0.39, 0.29) is 16.1 Å². The highest BCUT2D eigenvalue weighted by molar-refractivity contribution is 7.90. The van der Waals surface area contributed by atoms with Crippen LogP contribution in [0.25, 0.3) is 33.5 Å². The van der Waals surface area contributed by atoms with E-state index in [2.05, 4.69) is 5.32 Å². The Bertz CT molecular complexity index is 1990. The first kappa shape index (κ1) is 30.1. The molecule has 44 heavy (non-hydrogen) atoms. The predicted octanol–water partition coefficient (Wildman–Crippen LogP) is 5.20. The number of nitrogens with zero attached hydrogens (tertiary/aromatic N) is 2. The minimum absolute atomic E-state index is 0.145. The molecule has 0 spiro atoms. The molecule has 0 bridgehead atoms. The number of esters is 1. The van der Waals surface area contributed by atoms with E-state index in [1.165, 1.54) is 24.3 Å². The Morgan fingerprint density at radius 3 is 1.82 bits per heavy atom. The van der Waals surface area contributed by atoms with Gasteiger partial charge in [-0.15, -0.1) is 0 Å². The third-order valence-electron chi connectivity index (χ3n) is 6.61. The maximum atomic E-state index is 12.8. The number of carbonyl (C=O) groups excluding carboxylic acids is 3.